The average Bonchev–Trinajstić information content (AvgIpc) is 3.10. The van der Waals surface area contributed by atoms with Gasteiger partial charge < -0.3 is 5.32 Å². The van der Waals surface area contributed by atoms with Crippen molar-refractivity contribution >= 4 is 27.3 Å². The maximum atomic E-state index is 11.8. The van der Waals surface area contributed by atoms with Gasteiger partial charge in [0.1, 0.15) is 0 Å². The molecule has 1 heterocycles. The van der Waals surface area contributed by atoms with E-state index in [0.29, 0.717) is 6.42 Å². The van der Waals surface area contributed by atoms with Crippen LogP contribution in [0.5, 0.6) is 0 Å². The Morgan fingerprint density at radius 2 is 2.18 bits per heavy atom. The largest absolute Gasteiger partial charge is 0.356 e. The van der Waals surface area contributed by atoms with Gasteiger partial charge in [0.25, 0.3) is 0 Å². The fourth-order valence-electron chi connectivity index (χ4n) is 1.99. The number of carbonyl (C=O) groups excluding carboxylic acids is 1. The summed E-state index contributed by atoms with van der Waals surface area (Å²) in [5, 5.41) is 6.33. The van der Waals surface area contributed by atoms with Gasteiger partial charge >= 0.3 is 0 Å². The van der Waals surface area contributed by atoms with Crippen LogP contribution in [0.3, 0.4) is 0 Å². The third-order valence-electron chi connectivity index (χ3n) is 3.20. The lowest BCUT2D eigenvalue weighted by Crippen LogP contribution is -2.26. The van der Waals surface area contributed by atoms with Gasteiger partial charge in [-0.1, -0.05) is 18.2 Å². The van der Waals surface area contributed by atoms with E-state index < -0.39 is 0 Å². The summed E-state index contributed by atoms with van der Waals surface area (Å²) in [6.07, 6.45) is 3.07. The van der Waals surface area contributed by atoms with Crippen LogP contribution < -0.4 is 5.32 Å². The van der Waals surface area contributed by atoms with Crippen LogP contribution in [0.2, 0.25) is 0 Å². The van der Waals surface area contributed by atoms with Gasteiger partial charge in [0.05, 0.1) is 6.42 Å². The van der Waals surface area contributed by atoms with Crippen molar-refractivity contribution in [3.8, 4) is 0 Å². The standard InChI is InChI=1S/C14H15NOS/c16-14(15-8-10-5-6-10)7-11-9-17-13-4-2-1-3-12(11)13/h1-4,9-10H,5-8H2,(H,15,16). The molecule has 17 heavy (non-hydrogen) atoms. The molecule has 3 heteroatoms. The van der Waals surface area contributed by atoms with Crippen LogP contribution in [0.25, 0.3) is 10.1 Å². The van der Waals surface area contributed by atoms with E-state index in [1.165, 1.54) is 22.9 Å². The topological polar surface area (TPSA) is 29.1 Å². The molecule has 1 fully saturated rings. The van der Waals surface area contributed by atoms with E-state index in [4.69, 9.17) is 0 Å². The monoisotopic (exact) mass is 245 g/mol. The Morgan fingerprint density at radius 3 is 3.00 bits per heavy atom. The smallest absolute Gasteiger partial charge is 0.224 e. The summed E-state index contributed by atoms with van der Waals surface area (Å²) in [6.45, 7) is 0.862. The van der Waals surface area contributed by atoms with Crippen LogP contribution in [-0.2, 0) is 11.2 Å². The van der Waals surface area contributed by atoms with Gasteiger partial charge in [-0.2, -0.15) is 0 Å². The third-order valence-corrected chi connectivity index (χ3v) is 4.21. The zero-order chi connectivity index (χ0) is 11.7. The van der Waals surface area contributed by atoms with Crippen molar-refractivity contribution in [3.05, 3.63) is 35.2 Å². The summed E-state index contributed by atoms with van der Waals surface area (Å²) in [6, 6.07) is 8.26. The highest BCUT2D eigenvalue weighted by atomic mass is 32.1. The zero-order valence-corrected chi connectivity index (χ0v) is 10.4. The number of fused-ring (bicyclic) bond motifs is 1. The van der Waals surface area contributed by atoms with Crippen LogP contribution in [0.15, 0.2) is 29.6 Å². The van der Waals surface area contributed by atoms with E-state index in [2.05, 4.69) is 22.8 Å². The van der Waals surface area contributed by atoms with Gasteiger partial charge in [-0.25, -0.2) is 0 Å². The molecule has 0 aliphatic heterocycles. The SMILES string of the molecule is O=C(Cc1csc2ccccc12)NCC1CC1. The van der Waals surface area contributed by atoms with Crippen molar-refractivity contribution in [3.63, 3.8) is 0 Å². The molecule has 2 aromatic rings. The van der Waals surface area contributed by atoms with Crippen LogP contribution in [0.1, 0.15) is 18.4 Å². The molecule has 1 amide bonds. The maximum absolute atomic E-state index is 11.8. The molecule has 1 aliphatic rings. The fraction of sp³-hybridized carbons (Fsp3) is 0.357. The number of hydrogen-bond acceptors (Lipinski definition) is 2. The predicted molar refractivity (Wildman–Crippen MR) is 71.3 cm³/mol. The van der Waals surface area contributed by atoms with E-state index in [1.54, 1.807) is 11.3 Å². The Morgan fingerprint density at radius 1 is 1.35 bits per heavy atom. The summed E-state index contributed by atoms with van der Waals surface area (Å²) in [5.74, 6) is 0.902. The molecule has 88 valence electrons. The first-order valence-corrected chi connectivity index (χ1v) is 6.93. The van der Waals surface area contributed by atoms with Crippen LogP contribution in [0.4, 0.5) is 0 Å². The lowest BCUT2D eigenvalue weighted by molar-refractivity contribution is -0.120. The Kier molecular flexibility index (Phi) is 2.85. The molecule has 1 aromatic heterocycles. The van der Waals surface area contributed by atoms with Gasteiger partial charge in [0.15, 0.2) is 0 Å². The highest BCUT2D eigenvalue weighted by Crippen LogP contribution is 2.28. The van der Waals surface area contributed by atoms with E-state index >= 15 is 0 Å². The number of hydrogen-bond donors (Lipinski definition) is 1. The molecule has 3 rings (SSSR count). The van der Waals surface area contributed by atoms with Gasteiger partial charge in [0, 0.05) is 11.2 Å². The van der Waals surface area contributed by atoms with Gasteiger partial charge in [-0.3, -0.25) is 4.79 Å². The molecular formula is C14H15NOS. The molecule has 1 aromatic carbocycles. The summed E-state index contributed by atoms with van der Waals surface area (Å²) >= 11 is 1.71. The van der Waals surface area contributed by atoms with Crippen LogP contribution in [-0.4, -0.2) is 12.5 Å². The van der Waals surface area contributed by atoms with Crippen molar-refractivity contribution in [2.75, 3.05) is 6.54 Å². The molecule has 0 unspecified atom stereocenters. The zero-order valence-electron chi connectivity index (χ0n) is 9.61. The summed E-state index contributed by atoms with van der Waals surface area (Å²) < 4.78 is 1.26. The Hall–Kier alpha value is -1.35. The molecule has 2 nitrogen and oxygen atoms in total. The molecule has 1 N–H and O–H groups in total. The Balaban J connectivity index is 1.68. The van der Waals surface area contributed by atoms with E-state index in [0.717, 1.165) is 18.0 Å². The van der Waals surface area contributed by atoms with Crippen molar-refractivity contribution in [1.29, 1.82) is 0 Å². The van der Waals surface area contributed by atoms with Gasteiger partial charge in [-0.05, 0) is 41.2 Å². The lowest BCUT2D eigenvalue weighted by atomic mass is 10.1. The molecule has 1 saturated carbocycles. The summed E-state index contributed by atoms with van der Waals surface area (Å²) in [5.41, 5.74) is 1.15. The minimum atomic E-state index is 0.153. The van der Waals surface area contributed by atoms with Gasteiger partial charge in [-0.15, -0.1) is 11.3 Å². The van der Waals surface area contributed by atoms with E-state index in [9.17, 15) is 4.79 Å². The normalized spacial score (nSPS) is 15.1. The summed E-state index contributed by atoms with van der Waals surface area (Å²) in [4.78, 5) is 11.8. The molecular weight excluding hydrogens is 230 g/mol. The molecule has 0 radical (unpaired) electrons. The molecule has 0 atom stereocenters. The minimum absolute atomic E-state index is 0.153. The van der Waals surface area contributed by atoms with Crippen molar-refractivity contribution < 1.29 is 4.79 Å². The van der Waals surface area contributed by atoms with Crippen LogP contribution in [0, 0.1) is 5.92 Å². The summed E-state index contributed by atoms with van der Waals surface area (Å²) in [7, 11) is 0. The van der Waals surface area contributed by atoms with E-state index in [-0.39, 0.29) is 5.91 Å². The second-order valence-electron chi connectivity index (χ2n) is 4.68. The third kappa shape index (κ3) is 2.50. The van der Waals surface area contributed by atoms with Crippen molar-refractivity contribution in [1.82, 2.24) is 5.32 Å². The predicted octanol–water partition coefficient (Wildman–Crippen LogP) is 2.97. The van der Waals surface area contributed by atoms with Crippen molar-refractivity contribution in [2.45, 2.75) is 19.3 Å². The number of nitrogens with one attached hydrogen (secondary N) is 1. The molecule has 0 spiro atoms. The highest BCUT2D eigenvalue weighted by molar-refractivity contribution is 7.17. The number of amides is 1. The minimum Gasteiger partial charge on any atom is -0.356 e. The maximum Gasteiger partial charge on any atom is 0.224 e. The second kappa shape index (κ2) is 4.49. The average molecular weight is 245 g/mol. The molecule has 0 saturated heterocycles. The second-order valence-corrected chi connectivity index (χ2v) is 5.59. The lowest BCUT2D eigenvalue weighted by Gasteiger charge is -2.03. The number of carbonyl (C=O) groups is 1. The van der Waals surface area contributed by atoms with Crippen molar-refractivity contribution in [2.24, 2.45) is 5.92 Å². The highest BCUT2D eigenvalue weighted by Gasteiger charge is 2.21. The number of benzene rings is 1. The Labute approximate surface area is 105 Å². The fourth-order valence-corrected chi connectivity index (χ4v) is 2.95. The molecule has 1 aliphatic carbocycles. The van der Waals surface area contributed by atoms with E-state index in [1.807, 2.05) is 12.1 Å². The quantitative estimate of drug-likeness (QED) is 0.881. The first kappa shape index (κ1) is 10.8. The first-order valence-electron chi connectivity index (χ1n) is 6.05. The number of rotatable bonds is 4. The Bertz CT molecular complexity index is 542. The van der Waals surface area contributed by atoms with Gasteiger partial charge in [0.2, 0.25) is 5.91 Å². The first-order chi connectivity index (χ1) is 8.33. The number of thiophene rings is 1. The molecule has 0 bridgehead atoms. The van der Waals surface area contributed by atoms with Crippen LogP contribution >= 0.6 is 11.3 Å².